The Balaban J connectivity index is 2.89. The Morgan fingerprint density at radius 1 is 1.46 bits per heavy atom. The van der Waals surface area contributed by atoms with Crippen molar-refractivity contribution in [3.05, 3.63) is 41.0 Å². The van der Waals surface area contributed by atoms with Crippen LogP contribution in [0.15, 0.2) is 29.8 Å². The van der Waals surface area contributed by atoms with Crippen molar-refractivity contribution >= 4 is 6.08 Å². The third kappa shape index (κ3) is 3.03. The molecule has 0 aliphatic rings. The van der Waals surface area contributed by atoms with Gasteiger partial charge in [0.25, 0.3) is 0 Å². The van der Waals surface area contributed by atoms with Crippen molar-refractivity contribution < 1.29 is 5.11 Å². The zero-order valence-corrected chi connectivity index (χ0v) is 8.25. The Labute approximate surface area is 79.7 Å². The summed E-state index contributed by atoms with van der Waals surface area (Å²) in [6.45, 7) is 4.28. The van der Waals surface area contributed by atoms with E-state index in [1.165, 1.54) is 11.1 Å². The lowest BCUT2D eigenvalue weighted by Gasteiger charge is -2.00. The van der Waals surface area contributed by atoms with E-state index in [0.717, 1.165) is 12.0 Å². The van der Waals surface area contributed by atoms with E-state index in [4.69, 9.17) is 5.11 Å². The second kappa shape index (κ2) is 4.83. The molecule has 0 fully saturated rings. The molecule has 0 saturated carbocycles. The summed E-state index contributed by atoms with van der Waals surface area (Å²) >= 11 is 0. The molecule has 0 bridgehead atoms. The van der Waals surface area contributed by atoms with Crippen LogP contribution in [0.25, 0.3) is 6.08 Å². The quantitative estimate of drug-likeness (QED) is 0.750. The number of aliphatic hydroxyl groups is 1. The normalized spacial score (nSPS) is 11.8. The minimum atomic E-state index is 0.157. The highest BCUT2D eigenvalue weighted by Crippen LogP contribution is 2.10. The van der Waals surface area contributed by atoms with Crippen molar-refractivity contribution in [2.75, 3.05) is 6.61 Å². The molecule has 1 aromatic carbocycles. The molecule has 0 aliphatic heterocycles. The van der Waals surface area contributed by atoms with Gasteiger partial charge in [0.2, 0.25) is 0 Å². The molecule has 1 nitrogen and oxygen atoms in total. The number of hydrogen-bond donors (Lipinski definition) is 1. The molecule has 0 radical (unpaired) electrons. The highest BCUT2D eigenvalue weighted by molar-refractivity contribution is 5.53. The molecule has 1 rings (SSSR count). The van der Waals surface area contributed by atoms with Gasteiger partial charge < -0.3 is 5.11 Å². The van der Waals surface area contributed by atoms with Crippen molar-refractivity contribution in [2.24, 2.45) is 0 Å². The van der Waals surface area contributed by atoms with Crippen LogP contribution in [0.2, 0.25) is 0 Å². The maximum absolute atomic E-state index is 8.99. The van der Waals surface area contributed by atoms with Gasteiger partial charge in [-0.25, -0.2) is 0 Å². The van der Waals surface area contributed by atoms with Crippen LogP contribution in [-0.4, -0.2) is 11.7 Å². The SMILES string of the molecule is CCC(=Cc1cccc(C)c1)CO. The van der Waals surface area contributed by atoms with Gasteiger partial charge in [0, 0.05) is 0 Å². The van der Waals surface area contributed by atoms with Gasteiger partial charge in [-0.15, -0.1) is 0 Å². The summed E-state index contributed by atoms with van der Waals surface area (Å²) in [7, 11) is 0. The Hall–Kier alpha value is -1.08. The van der Waals surface area contributed by atoms with Gasteiger partial charge in [-0.3, -0.25) is 0 Å². The zero-order chi connectivity index (χ0) is 9.68. The third-order valence-electron chi connectivity index (χ3n) is 2.07. The van der Waals surface area contributed by atoms with Gasteiger partial charge in [-0.05, 0) is 24.5 Å². The molecule has 0 heterocycles. The van der Waals surface area contributed by atoms with Crippen LogP contribution in [-0.2, 0) is 0 Å². The molecule has 0 aromatic heterocycles. The van der Waals surface area contributed by atoms with Crippen molar-refractivity contribution in [1.82, 2.24) is 0 Å². The fourth-order valence-electron chi connectivity index (χ4n) is 1.26. The number of hydrogen-bond acceptors (Lipinski definition) is 1. The molecule has 1 heteroatoms. The summed E-state index contributed by atoms with van der Waals surface area (Å²) in [4.78, 5) is 0. The minimum Gasteiger partial charge on any atom is -0.392 e. The summed E-state index contributed by atoms with van der Waals surface area (Å²) in [5, 5.41) is 8.99. The van der Waals surface area contributed by atoms with E-state index in [-0.39, 0.29) is 6.61 Å². The first-order chi connectivity index (χ1) is 6.26. The maximum Gasteiger partial charge on any atom is 0.0644 e. The van der Waals surface area contributed by atoms with E-state index in [0.29, 0.717) is 0 Å². The predicted molar refractivity (Wildman–Crippen MR) is 56.5 cm³/mol. The van der Waals surface area contributed by atoms with Crippen molar-refractivity contribution in [1.29, 1.82) is 0 Å². The molecular formula is C12H16O. The van der Waals surface area contributed by atoms with Crippen molar-refractivity contribution in [3.63, 3.8) is 0 Å². The Bertz CT molecular complexity index is 294. The van der Waals surface area contributed by atoms with E-state index in [9.17, 15) is 0 Å². The molecule has 0 amide bonds. The molecule has 0 atom stereocenters. The smallest absolute Gasteiger partial charge is 0.0644 e. The molecular weight excluding hydrogens is 160 g/mol. The first-order valence-corrected chi connectivity index (χ1v) is 4.63. The summed E-state index contributed by atoms with van der Waals surface area (Å²) in [6, 6.07) is 8.28. The van der Waals surface area contributed by atoms with Crippen molar-refractivity contribution in [2.45, 2.75) is 20.3 Å². The maximum atomic E-state index is 8.99. The number of benzene rings is 1. The monoisotopic (exact) mass is 176 g/mol. The summed E-state index contributed by atoms with van der Waals surface area (Å²) < 4.78 is 0. The molecule has 1 N–H and O–H groups in total. The fraction of sp³-hybridized carbons (Fsp3) is 0.333. The first kappa shape index (κ1) is 10.0. The Morgan fingerprint density at radius 2 is 2.23 bits per heavy atom. The van der Waals surface area contributed by atoms with Gasteiger partial charge in [0.05, 0.1) is 6.61 Å². The standard InChI is InChI=1S/C12H16O/c1-3-11(9-13)8-12-6-4-5-10(2)7-12/h4-8,13H,3,9H2,1-2H3. The third-order valence-corrected chi connectivity index (χ3v) is 2.07. The van der Waals surface area contributed by atoms with E-state index in [2.05, 4.69) is 32.0 Å². The van der Waals surface area contributed by atoms with E-state index in [1.807, 2.05) is 12.1 Å². The summed E-state index contributed by atoms with van der Waals surface area (Å²) in [5.41, 5.74) is 3.50. The average Bonchev–Trinajstić information content (AvgIpc) is 2.14. The molecule has 70 valence electrons. The first-order valence-electron chi connectivity index (χ1n) is 4.63. The van der Waals surface area contributed by atoms with Crippen LogP contribution in [0.4, 0.5) is 0 Å². The lowest BCUT2D eigenvalue weighted by atomic mass is 10.1. The molecule has 0 spiro atoms. The van der Waals surface area contributed by atoms with Gasteiger partial charge in [0.15, 0.2) is 0 Å². The lowest BCUT2D eigenvalue weighted by Crippen LogP contribution is -1.88. The van der Waals surface area contributed by atoms with Crippen LogP contribution in [0, 0.1) is 6.92 Å². The zero-order valence-electron chi connectivity index (χ0n) is 8.25. The second-order valence-electron chi connectivity index (χ2n) is 3.23. The largest absolute Gasteiger partial charge is 0.392 e. The highest BCUT2D eigenvalue weighted by Gasteiger charge is 1.93. The highest BCUT2D eigenvalue weighted by atomic mass is 16.3. The van der Waals surface area contributed by atoms with Crippen LogP contribution >= 0.6 is 0 Å². The summed E-state index contributed by atoms with van der Waals surface area (Å²) in [5.74, 6) is 0. The van der Waals surface area contributed by atoms with E-state index >= 15 is 0 Å². The fourth-order valence-corrected chi connectivity index (χ4v) is 1.26. The summed E-state index contributed by atoms with van der Waals surface area (Å²) in [6.07, 6.45) is 2.96. The predicted octanol–water partition coefficient (Wildman–Crippen LogP) is 2.78. The molecule has 0 aliphatic carbocycles. The molecule has 0 unspecified atom stereocenters. The number of rotatable bonds is 3. The molecule has 1 aromatic rings. The second-order valence-corrected chi connectivity index (χ2v) is 3.23. The van der Waals surface area contributed by atoms with Crippen molar-refractivity contribution in [3.8, 4) is 0 Å². The van der Waals surface area contributed by atoms with Gasteiger partial charge in [0.1, 0.15) is 0 Å². The van der Waals surface area contributed by atoms with Crippen LogP contribution in [0.1, 0.15) is 24.5 Å². The van der Waals surface area contributed by atoms with Gasteiger partial charge >= 0.3 is 0 Å². The average molecular weight is 176 g/mol. The van der Waals surface area contributed by atoms with Crippen LogP contribution < -0.4 is 0 Å². The molecule has 13 heavy (non-hydrogen) atoms. The Kier molecular flexibility index (Phi) is 3.71. The van der Waals surface area contributed by atoms with E-state index in [1.54, 1.807) is 0 Å². The minimum absolute atomic E-state index is 0.157. The van der Waals surface area contributed by atoms with Crippen LogP contribution in [0.5, 0.6) is 0 Å². The number of aliphatic hydroxyl groups excluding tert-OH is 1. The molecule has 0 saturated heterocycles. The van der Waals surface area contributed by atoms with Gasteiger partial charge in [-0.2, -0.15) is 0 Å². The number of aryl methyl sites for hydroxylation is 1. The lowest BCUT2D eigenvalue weighted by molar-refractivity contribution is 0.329. The Morgan fingerprint density at radius 3 is 2.77 bits per heavy atom. The van der Waals surface area contributed by atoms with Gasteiger partial charge in [-0.1, -0.05) is 42.8 Å². The van der Waals surface area contributed by atoms with E-state index < -0.39 is 0 Å². The van der Waals surface area contributed by atoms with Crippen LogP contribution in [0.3, 0.4) is 0 Å². The topological polar surface area (TPSA) is 20.2 Å².